The second-order valence-corrected chi connectivity index (χ2v) is 43.4. The Kier molecular flexibility index (Phi) is 28.8. The van der Waals surface area contributed by atoms with E-state index in [0.717, 1.165) is 58.3 Å². The zero-order valence-electron chi connectivity index (χ0n) is 74.1. The quantitative estimate of drug-likeness (QED) is 0.0564. The van der Waals surface area contributed by atoms with Crippen LogP contribution in [0.3, 0.4) is 0 Å². The van der Waals surface area contributed by atoms with E-state index >= 15 is 4.39 Å². The van der Waals surface area contributed by atoms with Crippen molar-refractivity contribution in [1.29, 1.82) is 0 Å². The van der Waals surface area contributed by atoms with E-state index in [4.69, 9.17) is 19.3 Å². The van der Waals surface area contributed by atoms with E-state index in [0.29, 0.717) is 69.1 Å². The molecule has 768 valence electrons. The summed E-state index contributed by atoms with van der Waals surface area (Å²) in [7, 11) is 0. The zero-order valence-corrected chi connectivity index (χ0v) is 74.1. The minimum atomic E-state index is -6.25. The van der Waals surface area contributed by atoms with Crippen molar-refractivity contribution < 1.29 is 203 Å². The van der Waals surface area contributed by atoms with Gasteiger partial charge >= 0.3 is 79.7 Å². The molecule has 0 radical (unpaired) electrons. The van der Waals surface area contributed by atoms with E-state index in [1.807, 2.05) is 20.8 Å². The highest BCUT2D eigenvalue weighted by molar-refractivity contribution is 5.84. The highest BCUT2D eigenvalue weighted by Crippen LogP contribution is 2.74. The Balaban J connectivity index is 0.000000174. The molecular formula is C87H116F34O11. The van der Waals surface area contributed by atoms with Gasteiger partial charge in [0.2, 0.25) is 5.67 Å². The monoisotopic (exact) mass is 1980 g/mol. The summed E-state index contributed by atoms with van der Waals surface area (Å²) in [6, 6.07) is 0. The van der Waals surface area contributed by atoms with Gasteiger partial charge in [-0.2, -0.15) is 132 Å². The number of fused-ring (bicyclic) bond motifs is 8. The summed E-state index contributed by atoms with van der Waals surface area (Å²) >= 11 is 0. The van der Waals surface area contributed by atoms with Gasteiger partial charge in [-0.15, -0.1) is 0 Å². The molecule has 0 saturated heterocycles. The number of alkyl halides is 34. The number of hydrogen-bond donors (Lipinski definition) is 5. The van der Waals surface area contributed by atoms with E-state index in [1.165, 1.54) is 20.8 Å². The third-order valence-electron chi connectivity index (χ3n) is 35.5. The van der Waals surface area contributed by atoms with E-state index in [9.17, 15) is 180 Å². The number of esters is 3. The molecule has 5 N–H and O–H groups in total. The molecule has 17 aliphatic rings. The summed E-state index contributed by atoms with van der Waals surface area (Å²) in [4.78, 5) is 38.9. The molecule has 24 unspecified atom stereocenters. The topological polar surface area (TPSA) is 180 Å². The molecule has 17 fully saturated rings. The predicted molar refractivity (Wildman–Crippen MR) is 398 cm³/mol. The molecule has 0 spiro atoms. The maximum atomic E-state index is 16.3. The van der Waals surface area contributed by atoms with Crippen LogP contribution in [0.25, 0.3) is 0 Å². The fourth-order valence-electron chi connectivity index (χ4n) is 27.9. The molecule has 17 aliphatic carbocycles. The van der Waals surface area contributed by atoms with Gasteiger partial charge in [0.1, 0.15) is 29.4 Å². The van der Waals surface area contributed by atoms with Crippen LogP contribution in [0.4, 0.5) is 149 Å². The first-order chi connectivity index (χ1) is 59.2. The SMILES string of the molecule is CC1(OC(=O)C(C)(CF)C(F)(F)F)CC2CCC1C2.CC1C2CC(C1C)C(CC(O)(C(F)(F)F)C(F)(F)F)(C(F)(F)F)C2.CC1C2CC(C1C)C(CC(O)(C(F)(F)F)C(F)(F)F)(C(F)(F)F)C2.CC1C2CC(C1C)C(CO)(C(F)(F)F)C2.CCC1(OC(=O)C(CC)(CC(C)(F)C(=O)OC23CC4CC(O)(CC(O)(C4)C2)C3)C(F)(F)F)C2CC3CC(C2)CC1C3.FC(F)(F)C1CC1(F)F. The summed E-state index contributed by atoms with van der Waals surface area (Å²) in [6.45, 7) is 13.5. The summed E-state index contributed by atoms with van der Waals surface area (Å²) in [5, 5.41) is 49.7. The number of aliphatic hydroxyl groups excluding tert-OH is 1. The largest absolute Gasteiger partial charge is 0.458 e. The lowest BCUT2D eigenvalue weighted by atomic mass is 9.49. The standard InChI is InChI=1S/C31H44F4O6.2C14H17F9O.C13H18F4O2.C11H17F3O.C4H3F5/c1-4-29(31(33,34)35,24(37)41-30(5-2)21-7-18-6-19(9-21)10-22(30)8-18)14-25(3,32)23(36)40-28-13-20-11-26(38,16-28)15-27(39,12-20)17-28;2*1-6-7(2)9-3-8(6)4-10(9,12(15,16)17)5-11(24,13(18,19)20)14(21,22)23;1-11(7-14,13(15,16)17)10(18)19-12(2)6-8-3-4-9(12)5-8;1-6-7(2)9-3-8(6)4-10(9,5-15)11(12,13)14;5-3(6)1-2(3)4(7,8)9/h18-22,38-39H,4-17H2,1-3H3;2*6-9,24H,3-5H2,1-2H3;8-9H,3-7H2,1-2H3;6-9,15H,3-5H2,1-2H3;2H,1H2. The highest BCUT2D eigenvalue weighted by atomic mass is 19.5. The van der Waals surface area contributed by atoms with E-state index in [1.54, 1.807) is 20.8 Å². The van der Waals surface area contributed by atoms with E-state index in [2.05, 4.69) is 0 Å². The fraction of sp³-hybridized carbons (Fsp3) is 0.966. The molecule has 16 bridgehead atoms. The molecule has 24 atom stereocenters. The Hall–Kier alpha value is -4.17. The van der Waals surface area contributed by atoms with Gasteiger partial charge in [0.15, 0.2) is 10.8 Å². The predicted octanol–water partition coefficient (Wildman–Crippen LogP) is 24.8. The molecule has 17 saturated carbocycles. The first-order valence-electron chi connectivity index (χ1n) is 44.7. The summed E-state index contributed by atoms with van der Waals surface area (Å²) in [5.41, 5.74) is -34.2. The van der Waals surface area contributed by atoms with Crippen LogP contribution in [0.2, 0.25) is 0 Å². The first-order valence-corrected chi connectivity index (χ1v) is 44.7. The smallest absolute Gasteiger partial charge is 0.426 e. The number of ether oxygens (including phenoxy) is 3. The lowest BCUT2D eigenvalue weighted by molar-refractivity contribution is -0.390. The number of hydrogen-bond acceptors (Lipinski definition) is 11. The summed E-state index contributed by atoms with van der Waals surface area (Å²) in [5.74, 6) is -14.4. The Morgan fingerprint density at radius 3 is 1.04 bits per heavy atom. The van der Waals surface area contributed by atoms with Gasteiger partial charge in [-0.05, 0) is 262 Å². The molecule has 0 aromatic rings. The van der Waals surface area contributed by atoms with Crippen LogP contribution in [-0.4, -0.2) is 169 Å². The zero-order chi connectivity index (χ0) is 101. The van der Waals surface area contributed by atoms with Gasteiger partial charge in [-0.25, -0.2) is 22.4 Å². The lowest BCUT2D eigenvalue weighted by Gasteiger charge is -2.62. The maximum Gasteiger partial charge on any atom is 0.426 e. The van der Waals surface area contributed by atoms with Gasteiger partial charge < -0.3 is 39.7 Å². The maximum absolute atomic E-state index is 16.3. The van der Waals surface area contributed by atoms with Gasteiger partial charge in [-0.3, -0.25) is 9.59 Å². The van der Waals surface area contributed by atoms with Crippen LogP contribution >= 0.6 is 0 Å². The van der Waals surface area contributed by atoms with Crippen molar-refractivity contribution in [2.75, 3.05) is 13.3 Å². The van der Waals surface area contributed by atoms with Crippen molar-refractivity contribution in [3.63, 3.8) is 0 Å². The van der Waals surface area contributed by atoms with Crippen LogP contribution in [0.1, 0.15) is 250 Å². The Morgan fingerprint density at radius 1 is 0.402 bits per heavy atom. The average Bonchev–Trinajstić information content (AvgIpc) is 1.45. The lowest BCUT2D eigenvalue weighted by Crippen LogP contribution is -2.67. The number of aliphatic hydroxyl groups is 5. The van der Waals surface area contributed by atoms with Crippen LogP contribution < -0.4 is 0 Å². The average molecular weight is 1980 g/mol. The number of carbonyl (C=O) groups excluding carboxylic acids is 3. The minimum Gasteiger partial charge on any atom is -0.458 e. The van der Waals surface area contributed by atoms with Crippen LogP contribution in [0.15, 0.2) is 0 Å². The molecule has 0 aromatic carbocycles. The molecule has 0 aromatic heterocycles. The Morgan fingerprint density at radius 2 is 0.773 bits per heavy atom. The minimum absolute atomic E-state index is 0.00461. The van der Waals surface area contributed by atoms with Crippen molar-refractivity contribution in [1.82, 2.24) is 0 Å². The number of carbonyl (C=O) groups is 3. The molecule has 45 heteroatoms. The summed E-state index contributed by atoms with van der Waals surface area (Å²) in [6.07, 6.45) is -54.2. The van der Waals surface area contributed by atoms with Crippen LogP contribution in [0, 0.1) is 145 Å². The van der Waals surface area contributed by atoms with Gasteiger partial charge in [-0.1, -0.05) is 55.4 Å². The van der Waals surface area contributed by atoms with Crippen LogP contribution in [-0.2, 0) is 28.6 Å². The molecule has 0 heterocycles. The van der Waals surface area contributed by atoms with Crippen LogP contribution in [0.5, 0.6) is 0 Å². The Labute approximate surface area is 739 Å². The van der Waals surface area contributed by atoms with Gasteiger partial charge in [0.25, 0.3) is 17.1 Å². The second kappa shape index (κ2) is 34.6. The summed E-state index contributed by atoms with van der Waals surface area (Å²) < 4.78 is 461. The molecule has 17 rings (SSSR count). The fourth-order valence-corrected chi connectivity index (χ4v) is 27.9. The van der Waals surface area contributed by atoms with Crippen molar-refractivity contribution in [2.45, 2.75) is 362 Å². The molecule has 0 amide bonds. The van der Waals surface area contributed by atoms with E-state index in [-0.39, 0.29) is 91.8 Å². The van der Waals surface area contributed by atoms with Gasteiger partial charge in [0, 0.05) is 44.9 Å². The first kappa shape index (κ1) is 110. The third kappa shape index (κ3) is 19.0. The molecule has 0 aliphatic heterocycles. The van der Waals surface area contributed by atoms with Gasteiger partial charge in [0.05, 0.1) is 34.1 Å². The second-order valence-electron chi connectivity index (χ2n) is 43.4. The molecule has 11 nitrogen and oxygen atoms in total. The van der Waals surface area contributed by atoms with E-state index < -0.39 is 257 Å². The van der Waals surface area contributed by atoms with Crippen molar-refractivity contribution in [3.05, 3.63) is 0 Å². The molecule has 132 heavy (non-hydrogen) atoms. The normalized spacial score (nSPS) is 41.7. The third-order valence-corrected chi connectivity index (χ3v) is 35.5. The number of halogens is 34. The van der Waals surface area contributed by atoms with Crippen molar-refractivity contribution in [2.24, 2.45) is 145 Å². The van der Waals surface area contributed by atoms with Crippen molar-refractivity contribution in [3.8, 4) is 0 Å². The Bertz CT molecular complexity index is 3920. The molecular weight excluding hydrogens is 1870 g/mol. The highest BCUT2D eigenvalue weighted by Gasteiger charge is 2.82. The van der Waals surface area contributed by atoms with Crippen molar-refractivity contribution >= 4 is 17.9 Å². The number of rotatable bonds is 16.